The van der Waals surface area contributed by atoms with E-state index in [1.165, 1.54) is 12.1 Å². The molecule has 0 unspecified atom stereocenters. The minimum Gasteiger partial charge on any atom is -0.462 e. The summed E-state index contributed by atoms with van der Waals surface area (Å²) in [6.45, 7) is 4.61. The molecule has 12 heteroatoms. The lowest BCUT2D eigenvalue weighted by molar-refractivity contribution is -0.210. The van der Waals surface area contributed by atoms with Crippen LogP contribution in [-0.2, 0) is 23.8 Å². The maximum absolute atomic E-state index is 13.4. The molecule has 11 atom stereocenters. The lowest BCUT2D eigenvalue weighted by atomic mass is 9.43. The van der Waals surface area contributed by atoms with Crippen LogP contribution in [0, 0.1) is 34.5 Å². The zero-order chi connectivity index (χ0) is 41.1. The van der Waals surface area contributed by atoms with E-state index in [4.69, 9.17) is 14.2 Å². The molecule has 0 spiro atoms. The van der Waals surface area contributed by atoms with Crippen molar-refractivity contribution in [2.24, 2.45) is 34.5 Å². The highest BCUT2D eigenvalue weighted by atomic mass is 32.2. The van der Waals surface area contributed by atoms with Crippen LogP contribution in [0.1, 0.15) is 124 Å². The van der Waals surface area contributed by atoms with E-state index in [-0.39, 0.29) is 71.2 Å². The smallest absolute Gasteiger partial charge is 0.374 e. The van der Waals surface area contributed by atoms with Gasteiger partial charge in [0.05, 0.1) is 23.2 Å². The van der Waals surface area contributed by atoms with Crippen molar-refractivity contribution in [2.75, 3.05) is 12.4 Å². The van der Waals surface area contributed by atoms with Gasteiger partial charge in [-0.25, -0.2) is 14.4 Å². The first kappa shape index (κ1) is 40.3. The first-order chi connectivity index (χ1) is 28.4. The van der Waals surface area contributed by atoms with E-state index in [0.717, 1.165) is 70.0 Å². The van der Waals surface area contributed by atoms with Crippen molar-refractivity contribution >= 4 is 41.5 Å². The number of aliphatic hydroxyl groups is 1. The predicted octanol–water partition coefficient (Wildman–Crippen LogP) is 7.30. The summed E-state index contributed by atoms with van der Waals surface area (Å²) >= 11 is 1.90. The number of cyclic esters (lactones) is 1. The Balaban J connectivity index is 0.810. The number of nitrogens with one attached hydrogen (secondary N) is 2. The number of amides is 2. The fourth-order valence-corrected chi connectivity index (χ4v) is 14.3. The molecule has 11 nitrogen and oxygen atoms in total. The second kappa shape index (κ2) is 15.7. The number of hydrogen-bond donors (Lipinski definition) is 3. The summed E-state index contributed by atoms with van der Waals surface area (Å²) in [6, 6.07) is 15.5. The second-order valence-corrected chi connectivity index (χ2v) is 20.1. The third kappa shape index (κ3) is 7.09. The lowest BCUT2D eigenvalue weighted by Gasteiger charge is -2.63. The van der Waals surface area contributed by atoms with Crippen molar-refractivity contribution < 1.29 is 43.3 Å². The molecule has 314 valence electrons. The molecule has 7 aliphatic rings. The van der Waals surface area contributed by atoms with Gasteiger partial charge in [0.1, 0.15) is 12.7 Å². The Bertz CT molecular complexity index is 2040. The van der Waals surface area contributed by atoms with Gasteiger partial charge in [0.25, 0.3) is 0 Å². The zero-order valence-corrected chi connectivity index (χ0v) is 34.9. The monoisotopic (exact) mass is 824 g/mol. The first-order valence-electron chi connectivity index (χ1n) is 21.8. The average Bonchev–Trinajstić information content (AvgIpc) is 3.97. The van der Waals surface area contributed by atoms with Crippen LogP contribution in [0.5, 0.6) is 0 Å². The minimum atomic E-state index is -0.940. The molecule has 2 aromatic carbocycles. The normalized spacial score (nSPS) is 37.0. The average molecular weight is 825 g/mol. The van der Waals surface area contributed by atoms with E-state index in [1.807, 2.05) is 17.8 Å². The van der Waals surface area contributed by atoms with Crippen LogP contribution >= 0.6 is 11.8 Å². The fraction of sp³-hybridized carbons (Fsp3) is 0.596. The largest absolute Gasteiger partial charge is 0.462 e. The van der Waals surface area contributed by atoms with Crippen LogP contribution in [0.25, 0.3) is 0 Å². The van der Waals surface area contributed by atoms with Gasteiger partial charge >= 0.3 is 23.9 Å². The molecule has 6 fully saturated rings. The van der Waals surface area contributed by atoms with Crippen molar-refractivity contribution in [1.82, 2.24) is 10.6 Å². The topological polar surface area (TPSA) is 157 Å². The Labute approximate surface area is 350 Å². The highest BCUT2D eigenvalue weighted by molar-refractivity contribution is 8.00. The Kier molecular flexibility index (Phi) is 10.7. The molecule has 9 rings (SSSR count). The summed E-state index contributed by atoms with van der Waals surface area (Å²) in [4.78, 5) is 64.1. The third-order valence-electron chi connectivity index (χ3n) is 16.0. The Hall–Kier alpha value is -4.16. The third-order valence-corrected chi connectivity index (χ3v) is 17.5. The number of ketones is 1. The number of carbonyl (C=O) groups is 5. The number of unbranched alkanes of at least 4 members (excludes halogenated alkanes) is 1. The van der Waals surface area contributed by atoms with E-state index in [0.29, 0.717) is 53.0 Å². The second-order valence-electron chi connectivity index (χ2n) is 18.8. The fourth-order valence-electron chi connectivity index (χ4n) is 12.8. The van der Waals surface area contributed by atoms with Crippen LogP contribution in [0.2, 0.25) is 0 Å². The summed E-state index contributed by atoms with van der Waals surface area (Å²) in [6.07, 6.45) is 10.6. The molecule has 3 N–H and O–H groups in total. The van der Waals surface area contributed by atoms with Crippen LogP contribution in [0.15, 0.2) is 65.9 Å². The van der Waals surface area contributed by atoms with Gasteiger partial charge in [-0.15, -0.1) is 0 Å². The van der Waals surface area contributed by atoms with Gasteiger partial charge in [-0.2, -0.15) is 11.8 Å². The number of esters is 3. The molecular weight excluding hydrogens is 769 g/mol. The van der Waals surface area contributed by atoms with Gasteiger partial charge < -0.3 is 30.0 Å². The lowest BCUT2D eigenvalue weighted by Crippen LogP contribution is -2.62. The van der Waals surface area contributed by atoms with Gasteiger partial charge in [-0.05, 0) is 112 Å². The van der Waals surface area contributed by atoms with Crippen molar-refractivity contribution in [1.29, 1.82) is 0 Å². The van der Waals surface area contributed by atoms with Crippen molar-refractivity contribution in [3.05, 3.63) is 82.6 Å². The van der Waals surface area contributed by atoms with Gasteiger partial charge in [0.15, 0.2) is 5.78 Å². The Morgan fingerprint density at radius 1 is 0.864 bits per heavy atom. The SMILES string of the molecule is C[C@]12CC[C@H](OC(=O)CCCC[C@@H]3SC[C@@H]4NC(=O)N[C@@H]43)C[C@H]1CC[C@@H]1[C@@H]2CC[C@]2(C)[C@@H](C3=C(OC(=O)c4ccc(C(=O)c5ccccc5)cc4)C(=O)OC3)CC[C@]12O. The minimum absolute atomic E-state index is 0.0358. The highest BCUT2D eigenvalue weighted by Crippen LogP contribution is 2.70. The van der Waals surface area contributed by atoms with Crippen LogP contribution in [0.4, 0.5) is 4.79 Å². The van der Waals surface area contributed by atoms with Crippen molar-refractivity contribution in [3.8, 4) is 0 Å². The maximum Gasteiger partial charge on any atom is 0.374 e. The molecular formula is C47H56N2O9S. The van der Waals surface area contributed by atoms with Crippen LogP contribution < -0.4 is 10.6 Å². The van der Waals surface area contributed by atoms with E-state index < -0.39 is 23.0 Å². The van der Waals surface area contributed by atoms with Gasteiger partial charge in [-0.1, -0.05) is 62.7 Å². The zero-order valence-electron chi connectivity index (χ0n) is 34.0. The number of carbonyl (C=O) groups excluding carboxylic acids is 5. The van der Waals surface area contributed by atoms with E-state index in [1.54, 1.807) is 36.4 Å². The molecule has 0 radical (unpaired) electrons. The standard InChI is InChI=1S/C47H56N2O9S/c1-45-21-18-31(57-38(50)11-7-6-10-37-39-36(26-59-37)48-44(54)49-39)24-30(45)16-17-35-34(45)19-22-46(2)33(20-23-47(35,46)55)32-25-56-43(53)41(32)58-42(52)29-14-12-28(13-15-29)40(51)27-8-4-3-5-9-27/h3-5,8-9,12-15,30-31,33-37,39,55H,6-7,10-11,16-26H2,1-2H3,(H2,48,49,54)/t30-,31+,33-,34+,35-,36+,37+,39+,45+,46-,47+/m1/s1. The quantitative estimate of drug-likeness (QED) is 0.0691. The number of rotatable bonds is 11. The van der Waals surface area contributed by atoms with E-state index in [2.05, 4.69) is 24.5 Å². The highest BCUT2D eigenvalue weighted by Gasteiger charge is 2.68. The summed E-state index contributed by atoms with van der Waals surface area (Å²) in [5.41, 5.74) is 0.442. The molecule has 4 saturated carbocycles. The number of thioether (sulfide) groups is 1. The molecule has 2 aromatic rings. The number of hydrogen-bond acceptors (Lipinski definition) is 10. The maximum atomic E-state index is 13.4. The molecule has 2 saturated heterocycles. The molecule has 3 aliphatic heterocycles. The van der Waals surface area contributed by atoms with E-state index in [9.17, 15) is 29.1 Å². The van der Waals surface area contributed by atoms with Gasteiger partial charge in [0.2, 0.25) is 5.76 Å². The van der Waals surface area contributed by atoms with Crippen molar-refractivity contribution in [3.63, 3.8) is 0 Å². The summed E-state index contributed by atoms with van der Waals surface area (Å²) in [7, 11) is 0. The molecule has 0 bridgehead atoms. The van der Waals surface area contributed by atoms with Crippen LogP contribution in [0.3, 0.4) is 0 Å². The van der Waals surface area contributed by atoms with Crippen LogP contribution in [-0.4, -0.2) is 76.2 Å². The molecule has 59 heavy (non-hydrogen) atoms. The number of fused-ring (bicyclic) bond motifs is 6. The summed E-state index contributed by atoms with van der Waals surface area (Å²) in [5.74, 6) is -0.0626. The first-order valence-corrected chi connectivity index (χ1v) is 22.9. The van der Waals surface area contributed by atoms with Crippen molar-refractivity contribution in [2.45, 2.75) is 126 Å². The number of ether oxygens (including phenoxy) is 3. The number of benzene rings is 2. The summed E-state index contributed by atoms with van der Waals surface area (Å²) < 4.78 is 17.4. The number of urea groups is 1. The van der Waals surface area contributed by atoms with Gasteiger partial charge in [0, 0.05) is 39.5 Å². The Morgan fingerprint density at radius 2 is 1.63 bits per heavy atom. The molecule has 4 aliphatic carbocycles. The molecule has 2 amide bonds. The molecule has 0 aromatic heterocycles. The van der Waals surface area contributed by atoms with E-state index >= 15 is 0 Å². The predicted molar refractivity (Wildman–Crippen MR) is 220 cm³/mol. The summed E-state index contributed by atoms with van der Waals surface area (Å²) in [5, 5.41) is 19.3. The molecule has 3 heterocycles. The Morgan fingerprint density at radius 3 is 2.42 bits per heavy atom. The van der Waals surface area contributed by atoms with Gasteiger partial charge in [-0.3, -0.25) is 9.59 Å².